The molecule has 0 spiro atoms. The number of H-pyrrole nitrogens is 1. The zero-order chi connectivity index (χ0) is 21.5. The molecule has 1 amide bonds. The Bertz CT molecular complexity index is 1300. The number of aromatic amines is 1. The summed E-state index contributed by atoms with van der Waals surface area (Å²) in [5.41, 5.74) is 4.26. The fraction of sp³-hybridized carbons (Fsp3) is 0.200. The number of rotatable bonds is 6. The van der Waals surface area contributed by atoms with Crippen molar-refractivity contribution in [3.05, 3.63) is 42.4 Å². The standard InChI is InChI=1S/C20H22N7O2P/c1-12-22-19-16(10-18(21-11-28)25-20(19)23-12)24-15-6-5-13(9-17(15)30(3,4)29)14-7-8-27(2)26-14/h5-11H,1-4H3,(H3,21,22,23,24,25,28). The van der Waals surface area contributed by atoms with E-state index in [1.807, 2.05) is 44.4 Å². The predicted molar refractivity (Wildman–Crippen MR) is 119 cm³/mol. The van der Waals surface area contributed by atoms with Crippen LogP contribution in [0.5, 0.6) is 0 Å². The third kappa shape index (κ3) is 3.84. The van der Waals surface area contributed by atoms with Gasteiger partial charge in [0.05, 0.1) is 11.4 Å². The van der Waals surface area contributed by atoms with Gasteiger partial charge in [-0.3, -0.25) is 9.48 Å². The van der Waals surface area contributed by atoms with Gasteiger partial charge in [0, 0.05) is 35.9 Å². The molecule has 0 atom stereocenters. The van der Waals surface area contributed by atoms with E-state index in [9.17, 15) is 9.36 Å². The van der Waals surface area contributed by atoms with E-state index < -0.39 is 7.14 Å². The van der Waals surface area contributed by atoms with E-state index in [-0.39, 0.29) is 0 Å². The van der Waals surface area contributed by atoms with Gasteiger partial charge in [-0.05, 0) is 38.5 Å². The molecular weight excluding hydrogens is 401 g/mol. The number of hydrogen-bond acceptors (Lipinski definition) is 6. The number of carbonyl (C=O) groups is 1. The van der Waals surface area contributed by atoms with E-state index in [1.165, 1.54) is 0 Å². The van der Waals surface area contributed by atoms with Crippen LogP contribution in [0.2, 0.25) is 0 Å². The molecule has 0 unspecified atom stereocenters. The summed E-state index contributed by atoms with van der Waals surface area (Å²) in [5.74, 6) is 1.07. The smallest absolute Gasteiger partial charge is 0.212 e. The van der Waals surface area contributed by atoms with Gasteiger partial charge in [-0.2, -0.15) is 5.10 Å². The largest absolute Gasteiger partial charge is 0.353 e. The molecule has 0 aliphatic rings. The lowest BCUT2D eigenvalue weighted by Crippen LogP contribution is -2.11. The van der Waals surface area contributed by atoms with Crippen molar-refractivity contribution in [3.63, 3.8) is 0 Å². The van der Waals surface area contributed by atoms with Crippen molar-refractivity contribution < 1.29 is 9.36 Å². The first-order chi connectivity index (χ1) is 14.2. The highest BCUT2D eigenvalue weighted by molar-refractivity contribution is 7.70. The summed E-state index contributed by atoms with van der Waals surface area (Å²) in [6, 6.07) is 9.36. The van der Waals surface area contributed by atoms with Crippen LogP contribution in [0, 0.1) is 6.92 Å². The Labute approximate surface area is 173 Å². The van der Waals surface area contributed by atoms with Crippen LogP contribution < -0.4 is 15.9 Å². The molecule has 30 heavy (non-hydrogen) atoms. The van der Waals surface area contributed by atoms with Gasteiger partial charge in [-0.25, -0.2) is 9.97 Å². The van der Waals surface area contributed by atoms with Gasteiger partial charge in [-0.1, -0.05) is 6.07 Å². The summed E-state index contributed by atoms with van der Waals surface area (Å²) in [5, 5.41) is 11.1. The minimum atomic E-state index is -2.62. The number of aromatic nitrogens is 5. The summed E-state index contributed by atoms with van der Waals surface area (Å²) in [7, 11) is -0.765. The second-order valence-corrected chi connectivity index (χ2v) is 10.6. The van der Waals surface area contributed by atoms with Crippen LogP contribution in [0.25, 0.3) is 22.4 Å². The molecule has 4 rings (SSSR count). The fourth-order valence-corrected chi connectivity index (χ4v) is 4.45. The Morgan fingerprint density at radius 1 is 1.13 bits per heavy atom. The van der Waals surface area contributed by atoms with Crippen molar-refractivity contribution in [1.29, 1.82) is 0 Å². The number of anilines is 3. The molecule has 9 nitrogen and oxygen atoms in total. The molecule has 3 aromatic heterocycles. The van der Waals surface area contributed by atoms with Crippen LogP contribution in [0.3, 0.4) is 0 Å². The van der Waals surface area contributed by atoms with E-state index >= 15 is 0 Å². The van der Waals surface area contributed by atoms with E-state index in [0.29, 0.717) is 45.9 Å². The Hall–Kier alpha value is -3.45. The second-order valence-electron chi connectivity index (χ2n) is 7.42. The highest BCUT2D eigenvalue weighted by Crippen LogP contribution is 2.40. The van der Waals surface area contributed by atoms with Crippen molar-refractivity contribution in [1.82, 2.24) is 24.7 Å². The molecule has 0 saturated carbocycles. The SMILES string of the molecule is Cc1nc2nc(NC=O)cc(Nc3ccc(-c4ccn(C)n4)cc3P(C)(C)=O)c2[nH]1. The summed E-state index contributed by atoms with van der Waals surface area (Å²) < 4.78 is 14.8. The number of carbonyl (C=O) groups excluding carboxylic acids is 1. The highest BCUT2D eigenvalue weighted by Gasteiger charge is 2.20. The third-order valence-electron chi connectivity index (χ3n) is 4.64. The van der Waals surface area contributed by atoms with Gasteiger partial charge in [-0.15, -0.1) is 0 Å². The number of amides is 1. The van der Waals surface area contributed by atoms with Crippen LogP contribution in [-0.4, -0.2) is 44.5 Å². The van der Waals surface area contributed by atoms with Gasteiger partial charge in [0.2, 0.25) is 6.41 Å². The lowest BCUT2D eigenvalue weighted by molar-refractivity contribution is -0.105. The Morgan fingerprint density at radius 2 is 1.93 bits per heavy atom. The molecule has 0 aliphatic heterocycles. The zero-order valence-electron chi connectivity index (χ0n) is 17.1. The molecule has 0 aliphatic carbocycles. The maximum Gasteiger partial charge on any atom is 0.212 e. The first-order valence-corrected chi connectivity index (χ1v) is 11.9. The molecule has 1 aromatic carbocycles. The van der Waals surface area contributed by atoms with Gasteiger partial charge >= 0.3 is 0 Å². The number of pyridine rings is 1. The minimum absolute atomic E-state index is 0.370. The minimum Gasteiger partial charge on any atom is -0.353 e. The fourth-order valence-electron chi connectivity index (χ4n) is 3.29. The quantitative estimate of drug-likeness (QED) is 0.324. The first-order valence-electron chi connectivity index (χ1n) is 9.29. The first kappa shape index (κ1) is 19.8. The van der Waals surface area contributed by atoms with Crippen LogP contribution in [0.1, 0.15) is 5.82 Å². The number of imidazole rings is 1. The average molecular weight is 423 g/mol. The van der Waals surface area contributed by atoms with Crippen LogP contribution in [0.4, 0.5) is 17.2 Å². The van der Waals surface area contributed by atoms with Crippen molar-refractivity contribution in [2.24, 2.45) is 7.05 Å². The van der Waals surface area contributed by atoms with Crippen molar-refractivity contribution >= 4 is 47.2 Å². The number of nitrogens with zero attached hydrogens (tertiary/aromatic N) is 4. The van der Waals surface area contributed by atoms with Crippen LogP contribution in [0.15, 0.2) is 36.5 Å². The Morgan fingerprint density at radius 3 is 2.60 bits per heavy atom. The van der Waals surface area contributed by atoms with Crippen molar-refractivity contribution in [2.45, 2.75) is 6.92 Å². The van der Waals surface area contributed by atoms with Gasteiger partial charge in [0.1, 0.15) is 24.3 Å². The second kappa shape index (κ2) is 7.42. The number of nitrogens with one attached hydrogen (secondary N) is 3. The molecule has 0 saturated heterocycles. The molecule has 0 bridgehead atoms. The molecule has 0 radical (unpaired) electrons. The number of aryl methyl sites for hydroxylation is 2. The molecular formula is C20H22N7O2P. The number of benzene rings is 1. The number of fused-ring (bicyclic) bond motifs is 1. The number of hydrogen-bond donors (Lipinski definition) is 3. The van der Waals surface area contributed by atoms with E-state index in [0.717, 1.165) is 11.3 Å². The topological polar surface area (TPSA) is 118 Å². The molecule has 3 N–H and O–H groups in total. The van der Waals surface area contributed by atoms with Crippen LogP contribution >= 0.6 is 7.14 Å². The summed E-state index contributed by atoms with van der Waals surface area (Å²) >= 11 is 0. The maximum absolute atomic E-state index is 13.1. The maximum atomic E-state index is 13.1. The normalized spacial score (nSPS) is 11.6. The van der Waals surface area contributed by atoms with Gasteiger partial charge in [0.15, 0.2) is 5.65 Å². The third-order valence-corrected chi connectivity index (χ3v) is 6.17. The summed E-state index contributed by atoms with van der Waals surface area (Å²) in [6.07, 6.45) is 2.44. The van der Waals surface area contributed by atoms with Gasteiger partial charge < -0.3 is 20.2 Å². The lowest BCUT2D eigenvalue weighted by atomic mass is 10.1. The average Bonchev–Trinajstić information content (AvgIpc) is 3.26. The van der Waals surface area contributed by atoms with Crippen LogP contribution in [-0.2, 0) is 16.4 Å². The Kier molecular flexibility index (Phi) is 4.91. The van der Waals surface area contributed by atoms with Crippen molar-refractivity contribution in [3.8, 4) is 11.3 Å². The molecule has 0 fully saturated rings. The molecule has 154 valence electrons. The van der Waals surface area contributed by atoms with Crippen molar-refractivity contribution in [2.75, 3.05) is 24.0 Å². The van der Waals surface area contributed by atoms with E-state index in [2.05, 4.69) is 30.7 Å². The Balaban J connectivity index is 1.83. The highest BCUT2D eigenvalue weighted by atomic mass is 31.2. The lowest BCUT2D eigenvalue weighted by Gasteiger charge is -2.17. The molecule has 3 heterocycles. The van der Waals surface area contributed by atoms with E-state index in [1.54, 1.807) is 24.1 Å². The summed E-state index contributed by atoms with van der Waals surface area (Å²) in [6.45, 7) is 5.30. The van der Waals surface area contributed by atoms with E-state index in [4.69, 9.17) is 0 Å². The van der Waals surface area contributed by atoms with Gasteiger partial charge in [0.25, 0.3) is 0 Å². The predicted octanol–water partition coefficient (Wildman–Crippen LogP) is 3.23. The monoisotopic (exact) mass is 423 g/mol. The zero-order valence-corrected chi connectivity index (χ0v) is 18.0. The summed E-state index contributed by atoms with van der Waals surface area (Å²) in [4.78, 5) is 22.8. The molecule has 10 heteroatoms. The molecule has 4 aromatic rings.